The molecule has 0 heterocycles. The minimum atomic E-state index is -1.09. The number of carbonyl (C=O) groups is 2. The zero-order chi connectivity index (χ0) is 30.3. The van der Waals surface area contributed by atoms with Crippen LogP contribution in [0.4, 0.5) is 0 Å². The maximum Gasteiger partial charge on any atom is 0.338 e. The summed E-state index contributed by atoms with van der Waals surface area (Å²) >= 11 is 0. The second kappa shape index (κ2) is 13.3. The monoisotopic (exact) mass is 582 g/mol. The maximum atomic E-state index is 13.0. The molecule has 0 amide bonds. The first-order valence-electron chi connectivity index (χ1n) is 13.4. The molecule has 0 aromatic heterocycles. The van der Waals surface area contributed by atoms with Gasteiger partial charge in [-0.1, -0.05) is 48.5 Å². The number of fused-ring (bicyclic) bond motifs is 2. The first kappa shape index (κ1) is 29.5. The topological polar surface area (TPSA) is 121 Å². The Balaban J connectivity index is 1.71. The molecule has 0 spiro atoms. The summed E-state index contributed by atoms with van der Waals surface area (Å²) in [6, 6.07) is 24.8. The molecule has 0 saturated heterocycles. The molecule has 5 rings (SSSR count). The van der Waals surface area contributed by atoms with E-state index in [1.807, 2.05) is 60.7 Å². The highest BCUT2D eigenvalue weighted by atomic mass is 16.7. The fourth-order valence-corrected chi connectivity index (χ4v) is 5.04. The summed E-state index contributed by atoms with van der Waals surface area (Å²) in [5.74, 6) is -0.864. The van der Waals surface area contributed by atoms with Gasteiger partial charge < -0.3 is 33.9 Å². The van der Waals surface area contributed by atoms with Crippen molar-refractivity contribution < 1.29 is 43.5 Å². The number of carboxylic acid groups (broad SMARTS) is 1. The van der Waals surface area contributed by atoms with Crippen LogP contribution >= 0.6 is 0 Å². The lowest BCUT2D eigenvalue weighted by molar-refractivity contribution is 0.0418. The van der Waals surface area contributed by atoms with Gasteiger partial charge in [-0.05, 0) is 57.9 Å². The van der Waals surface area contributed by atoms with Crippen molar-refractivity contribution in [2.24, 2.45) is 0 Å². The molecule has 0 saturated carbocycles. The minimum Gasteiger partial charge on any atom is -0.478 e. The van der Waals surface area contributed by atoms with Crippen LogP contribution in [0.15, 0.2) is 84.9 Å². The largest absolute Gasteiger partial charge is 0.478 e. The summed E-state index contributed by atoms with van der Waals surface area (Å²) in [6.45, 7) is -0.569. The molecule has 2 N–H and O–H groups in total. The summed E-state index contributed by atoms with van der Waals surface area (Å²) < 4.78 is 28.5. The number of methoxy groups -OCH3 is 2. The molecule has 9 heteroatoms. The van der Waals surface area contributed by atoms with Gasteiger partial charge in [-0.3, -0.25) is 0 Å². The fourth-order valence-electron chi connectivity index (χ4n) is 5.04. The lowest BCUT2D eigenvalue weighted by Crippen LogP contribution is -2.10. The lowest BCUT2D eigenvalue weighted by Gasteiger charge is -2.23. The Kier molecular flexibility index (Phi) is 9.17. The second-order valence-corrected chi connectivity index (χ2v) is 9.64. The number of carboxylic acids is 1. The molecule has 0 aliphatic carbocycles. The van der Waals surface area contributed by atoms with Gasteiger partial charge >= 0.3 is 11.9 Å². The van der Waals surface area contributed by atoms with Crippen LogP contribution in [0, 0.1) is 0 Å². The zero-order valence-electron chi connectivity index (χ0n) is 23.7. The van der Waals surface area contributed by atoms with Crippen molar-refractivity contribution in [2.45, 2.75) is 13.2 Å². The molecule has 0 radical (unpaired) electrons. The first-order chi connectivity index (χ1) is 21.0. The quantitative estimate of drug-likeness (QED) is 0.131. The van der Waals surface area contributed by atoms with Gasteiger partial charge in [-0.25, -0.2) is 9.59 Å². The van der Waals surface area contributed by atoms with Gasteiger partial charge in [0.15, 0.2) is 13.6 Å². The van der Waals surface area contributed by atoms with E-state index >= 15 is 0 Å². The number of aliphatic hydroxyl groups is 1. The fraction of sp³-hybridized carbons (Fsp3) is 0.176. The SMILES string of the molecule is COCOc1c(CO)cc2ccccc2c1-c1c(OCOC)c(COC(=O)c2ccc(C(=O)O)cc2)cc2ccccc12. The minimum absolute atomic E-state index is 0.0531. The van der Waals surface area contributed by atoms with E-state index in [4.69, 9.17) is 23.7 Å². The zero-order valence-corrected chi connectivity index (χ0v) is 23.7. The van der Waals surface area contributed by atoms with Crippen molar-refractivity contribution in [3.05, 3.63) is 107 Å². The molecular formula is C34H30O9. The average molecular weight is 583 g/mol. The van der Waals surface area contributed by atoms with Crippen molar-refractivity contribution in [1.29, 1.82) is 0 Å². The van der Waals surface area contributed by atoms with Gasteiger partial charge in [0, 0.05) is 36.5 Å². The van der Waals surface area contributed by atoms with Crippen LogP contribution in [-0.2, 0) is 27.4 Å². The number of benzene rings is 5. The Morgan fingerprint density at radius 1 is 0.674 bits per heavy atom. The van der Waals surface area contributed by atoms with E-state index in [0.717, 1.165) is 21.5 Å². The number of hydrogen-bond acceptors (Lipinski definition) is 8. The lowest BCUT2D eigenvalue weighted by atomic mass is 9.89. The molecule has 0 fully saturated rings. The molecule has 0 bridgehead atoms. The Hall–Kier alpha value is -4.96. The van der Waals surface area contributed by atoms with E-state index in [0.29, 0.717) is 33.8 Å². The maximum absolute atomic E-state index is 13.0. The number of aromatic carboxylic acids is 1. The van der Waals surface area contributed by atoms with Crippen molar-refractivity contribution in [1.82, 2.24) is 0 Å². The molecule has 0 atom stereocenters. The smallest absolute Gasteiger partial charge is 0.338 e. The van der Waals surface area contributed by atoms with Crippen LogP contribution in [0.5, 0.6) is 11.5 Å². The van der Waals surface area contributed by atoms with E-state index in [9.17, 15) is 19.8 Å². The van der Waals surface area contributed by atoms with Gasteiger partial charge in [-0.2, -0.15) is 0 Å². The van der Waals surface area contributed by atoms with Gasteiger partial charge in [0.2, 0.25) is 0 Å². The highest BCUT2D eigenvalue weighted by molar-refractivity contribution is 6.11. The molecule has 5 aromatic carbocycles. The van der Waals surface area contributed by atoms with E-state index in [2.05, 4.69) is 0 Å². The third-order valence-electron chi connectivity index (χ3n) is 6.95. The third kappa shape index (κ3) is 6.14. The van der Waals surface area contributed by atoms with Gasteiger partial charge in [0.05, 0.1) is 17.7 Å². The van der Waals surface area contributed by atoms with Crippen molar-refractivity contribution >= 4 is 33.5 Å². The standard InChI is InChI=1S/C34H30O9/c1-39-19-42-31-25(17-35)15-23-7-3-5-9-27(23)29(31)30-28-10-6-4-8-24(28)16-26(32(30)43-20-40-2)18-41-34(38)22-13-11-21(12-14-22)33(36)37/h3-16,35H,17-20H2,1-2H3,(H,36,37). The Labute approximate surface area is 247 Å². The number of ether oxygens (including phenoxy) is 5. The number of aliphatic hydroxyl groups excluding tert-OH is 1. The predicted molar refractivity (Wildman–Crippen MR) is 160 cm³/mol. The molecule has 220 valence electrons. The first-order valence-corrected chi connectivity index (χ1v) is 13.4. The van der Waals surface area contributed by atoms with Crippen LogP contribution in [0.3, 0.4) is 0 Å². The summed E-state index contributed by atoms with van der Waals surface area (Å²) in [5.41, 5.74) is 2.76. The molecule has 0 unspecified atom stereocenters. The molecule has 43 heavy (non-hydrogen) atoms. The van der Waals surface area contributed by atoms with E-state index < -0.39 is 11.9 Å². The van der Waals surface area contributed by atoms with Crippen molar-refractivity contribution in [3.8, 4) is 22.6 Å². The number of esters is 1. The van der Waals surface area contributed by atoms with Gasteiger partial charge in [-0.15, -0.1) is 0 Å². The Morgan fingerprint density at radius 2 is 1.16 bits per heavy atom. The van der Waals surface area contributed by atoms with Gasteiger partial charge in [0.1, 0.15) is 18.1 Å². The van der Waals surface area contributed by atoms with Gasteiger partial charge in [0.25, 0.3) is 0 Å². The highest BCUT2D eigenvalue weighted by Gasteiger charge is 2.25. The number of hydrogen-bond donors (Lipinski definition) is 2. The molecule has 0 aliphatic heterocycles. The summed E-state index contributed by atoms with van der Waals surface area (Å²) in [4.78, 5) is 24.2. The average Bonchev–Trinajstić information content (AvgIpc) is 3.04. The summed E-state index contributed by atoms with van der Waals surface area (Å²) in [7, 11) is 3.03. The summed E-state index contributed by atoms with van der Waals surface area (Å²) in [5, 5.41) is 23.0. The van der Waals surface area contributed by atoms with Crippen LogP contribution in [-0.4, -0.2) is 50.0 Å². The van der Waals surface area contributed by atoms with Crippen molar-refractivity contribution in [2.75, 3.05) is 27.8 Å². The predicted octanol–water partition coefficient (Wildman–Crippen LogP) is 6.17. The summed E-state index contributed by atoms with van der Waals surface area (Å²) in [6.07, 6.45) is 0. The molecule has 0 aliphatic rings. The van der Waals surface area contributed by atoms with E-state index in [1.54, 1.807) is 0 Å². The van der Waals surface area contributed by atoms with E-state index in [1.165, 1.54) is 38.5 Å². The van der Waals surface area contributed by atoms with Crippen LogP contribution in [0.25, 0.3) is 32.7 Å². The molecule has 5 aromatic rings. The third-order valence-corrected chi connectivity index (χ3v) is 6.95. The second-order valence-electron chi connectivity index (χ2n) is 9.64. The van der Waals surface area contributed by atoms with Crippen LogP contribution < -0.4 is 9.47 Å². The Bertz CT molecular complexity index is 1780. The molecular weight excluding hydrogens is 552 g/mol. The highest BCUT2D eigenvalue weighted by Crippen LogP contribution is 2.48. The van der Waals surface area contributed by atoms with E-state index in [-0.39, 0.29) is 37.9 Å². The van der Waals surface area contributed by atoms with Crippen LogP contribution in [0.1, 0.15) is 31.8 Å². The normalized spacial score (nSPS) is 11.0. The number of carbonyl (C=O) groups excluding carboxylic acids is 1. The molecule has 9 nitrogen and oxygen atoms in total. The van der Waals surface area contributed by atoms with Crippen LogP contribution in [0.2, 0.25) is 0 Å². The Morgan fingerprint density at radius 3 is 1.67 bits per heavy atom. The number of rotatable bonds is 12. The van der Waals surface area contributed by atoms with Crippen molar-refractivity contribution in [3.63, 3.8) is 0 Å².